The zero-order valence-electron chi connectivity index (χ0n) is 18.2. The average molecular weight is 408 g/mol. The summed E-state index contributed by atoms with van der Waals surface area (Å²) in [6, 6.07) is 15.2. The smallest absolute Gasteiger partial charge is 0.316 e. The van der Waals surface area contributed by atoms with E-state index >= 15 is 0 Å². The number of nitrogens with zero attached hydrogens (tertiary/aromatic N) is 5. The number of piperazine rings is 1. The van der Waals surface area contributed by atoms with Gasteiger partial charge in [-0.25, -0.2) is 9.97 Å². The lowest BCUT2D eigenvalue weighted by Crippen LogP contribution is -2.47. The van der Waals surface area contributed by atoms with Crippen LogP contribution in [0.15, 0.2) is 48.8 Å². The number of nitriles is 1. The normalized spacial score (nSPS) is 17.4. The fourth-order valence-electron chi connectivity index (χ4n) is 4.20. The van der Waals surface area contributed by atoms with Crippen molar-refractivity contribution in [2.24, 2.45) is 5.92 Å². The molecule has 3 rings (SSSR count). The van der Waals surface area contributed by atoms with Crippen LogP contribution in [0.5, 0.6) is 6.01 Å². The van der Waals surface area contributed by atoms with Crippen molar-refractivity contribution in [3.05, 3.63) is 54.4 Å². The van der Waals surface area contributed by atoms with Crippen molar-refractivity contribution in [1.82, 2.24) is 19.8 Å². The Morgan fingerprint density at radius 3 is 2.23 bits per heavy atom. The molecule has 2 aromatic rings. The van der Waals surface area contributed by atoms with Gasteiger partial charge in [0.25, 0.3) is 0 Å². The summed E-state index contributed by atoms with van der Waals surface area (Å²) in [5, 5.41) is 10.0. The fraction of sp³-hybridized carbons (Fsp3) is 0.542. The van der Waals surface area contributed by atoms with Gasteiger partial charge >= 0.3 is 6.01 Å². The zero-order valence-corrected chi connectivity index (χ0v) is 18.2. The Morgan fingerprint density at radius 2 is 1.63 bits per heavy atom. The minimum Gasteiger partial charge on any atom is -0.462 e. The highest BCUT2D eigenvalue weighted by molar-refractivity contribution is 5.33. The first-order valence-corrected chi connectivity index (χ1v) is 11.0. The van der Waals surface area contributed by atoms with Crippen molar-refractivity contribution in [1.29, 1.82) is 5.26 Å². The van der Waals surface area contributed by atoms with E-state index in [0.717, 1.165) is 57.7 Å². The highest BCUT2D eigenvalue weighted by atomic mass is 16.5. The lowest BCUT2D eigenvalue weighted by molar-refractivity contribution is 0.112. The molecule has 0 spiro atoms. The summed E-state index contributed by atoms with van der Waals surface area (Å²) in [5.74, 6) is 0.287. The Kier molecular flexibility index (Phi) is 8.18. The maximum absolute atomic E-state index is 10.0. The number of rotatable bonds is 10. The third kappa shape index (κ3) is 5.78. The monoisotopic (exact) mass is 407 g/mol. The molecule has 30 heavy (non-hydrogen) atoms. The molecule has 1 fully saturated rings. The Morgan fingerprint density at radius 1 is 1.00 bits per heavy atom. The largest absolute Gasteiger partial charge is 0.462 e. The first-order chi connectivity index (χ1) is 14.6. The molecule has 160 valence electrons. The molecule has 2 heterocycles. The summed E-state index contributed by atoms with van der Waals surface area (Å²) in [6.45, 7) is 11.1. The Labute approximate surface area is 180 Å². The number of ether oxygens (including phenoxy) is 1. The van der Waals surface area contributed by atoms with Crippen LogP contribution in [0, 0.1) is 17.2 Å². The van der Waals surface area contributed by atoms with Crippen molar-refractivity contribution in [2.45, 2.75) is 32.1 Å². The van der Waals surface area contributed by atoms with Crippen LogP contribution in [0.3, 0.4) is 0 Å². The van der Waals surface area contributed by atoms with E-state index in [1.807, 2.05) is 18.2 Å². The molecule has 0 N–H and O–H groups in total. The van der Waals surface area contributed by atoms with E-state index in [9.17, 15) is 5.26 Å². The Hall–Kier alpha value is -2.49. The minimum atomic E-state index is -0.403. The van der Waals surface area contributed by atoms with Crippen molar-refractivity contribution in [3.8, 4) is 12.1 Å². The molecule has 1 atom stereocenters. The Balaban J connectivity index is 1.40. The average Bonchev–Trinajstić information content (AvgIpc) is 2.79. The number of aromatic nitrogens is 2. The van der Waals surface area contributed by atoms with E-state index in [0.29, 0.717) is 12.6 Å². The van der Waals surface area contributed by atoms with Gasteiger partial charge in [-0.1, -0.05) is 44.2 Å². The molecule has 0 radical (unpaired) electrons. The lowest BCUT2D eigenvalue weighted by atomic mass is 9.70. The van der Waals surface area contributed by atoms with Crippen LogP contribution >= 0.6 is 0 Å². The van der Waals surface area contributed by atoms with Crippen LogP contribution < -0.4 is 4.74 Å². The second-order valence-electron chi connectivity index (χ2n) is 8.27. The number of hydrogen-bond donors (Lipinski definition) is 0. The van der Waals surface area contributed by atoms with E-state index in [-0.39, 0.29) is 5.92 Å². The summed E-state index contributed by atoms with van der Waals surface area (Å²) < 4.78 is 5.61. The van der Waals surface area contributed by atoms with Crippen LogP contribution in [-0.2, 0) is 5.41 Å². The van der Waals surface area contributed by atoms with E-state index in [2.05, 4.69) is 51.8 Å². The highest BCUT2D eigenvalue weighted by Gasteiger charge is 2.35. The second-order valence-corrected chi connectivity index (χ2v) is 8.27. The van der Waals surface area contributed by atoms with E-state index in [1.54, 1.807) is 18.5 Å². The molecular weight excluding hydrogens is 374 g/mol. The van der Waals surface area contributed by atoms with Gasteiger partial charge in [-0.3, -0.25) is 4.90 Å². The van der Waals surface area contributed by atoms with Crippen LogP contribution in [0.1, 0.15) is 32.3 Å². The van der Waals surface area contributed by atoms with Crippen LogP contribution in [0.4, 0.5) is 0 Å². The molecule has 0 aliphatic carbocycles. The van der Waals surface area contributed by atoms with Gasteiger partial charge in [0.2, 0.25) is 0 Å². The molecule has 1 aliphatic rings. The molecular formula is C24H33N5O. The molecule has 0 bridgehead atoms. The standard InChI is InChI=1S/C24H33N5O/c1-21(2)24(20-25,22-8-4-3-5-9-22)10-6-13-28-14-16-29(17-15-28)18-19-30-23-26-11-7-12-27-23/h3-5,7-9,11-12,21H,6,10,13-19H2,1-2H3. The zero-order chi connectivity index (χ0) is 21.2. The third-order valence-electron chi connectivity index (χ3n) is 6.17. The van der Waals surface area contributed by atoms with Gasteiger partial charge in [0.15, 0.2) is 0 Å². The van der Waals surface area contributed by atoms with Crippen molar-refractivity contribution < 1.29 is 4.74 Å². The predicted molar refractivity (Wildman–Crippen MR) is 118 cm³/mol. The quantitative estimate of drug-likeness (QED) is 0.602. The van der Waals surface area contributed by atoms with Gasteiger partial charge in [-0.05, 0) is 36.9 Å². The first-order valence-electron chi connectivity index (χ1n) is 11.0. The molecule has 1 unspecified atom stereocenters. The van der Waals surface area contributed by atoms with Gasteiger partial charge in [-0.2, -0.15) is 5.26 Å². The molecule has 1 aromatic heterocycles. The van der Waals surface area contributed by atoms with Gasteiger partial charge in [-0.15, -0.1) is 0 Å². The second kappa shape index (κ2) is 11.1. The summed E-state index contributed by atoms with van der Waals surface area (Å²) in [7, 11) is 0. The molecule has 0 amide bonds. The molecule has 0 saturated carbocycles. The fourth-order valence-corrected chi connectivity index (χ4v) is 4.20. The summed E-state index contributed by atoms with van der Waals surface area (Å²) in [6.07, 6.45) is 5.32. The van der Waals surface area contributed by atoms with E-state index < -0.39 is 5.41 Å². The SMILES string of the molecule is CC(C)C(C#N)(CCCN1CCN(CCOc2ncccn2)CC1)c1ccccc1. The molecule has 1 aromatic carbocycles. The predicted octanol–water partition coefficient (Wildman–Crippen LogP) is 3.37. The lowest BCUT2D eigenvalue weighted by Gasteiger charge is -2.36. The Bertz CT molecular complexity index is 784. The molecule has 6 nitrogen and oxygen atoms in total. The number of benzene rings is 1. The van der Waals surface area contributed by atoms with Crippen molar-refractivity contribution in [3.63, 3.8) is 0 Å². The molecule has 1 aliphatic heterocycles. The highest BCUT2D eigenvalue weighted by Crippen LogP contribution is 2.36. The van der Waals surface area contributed by atoms with E-state index in [4.69, 9.17) is 4.74 Å². The maximum atomic E-state index is 10.0. The van der Waals surface area contributed by atoms with Crippen LogP contribution in [0.2, 0.25) is 0 Å². The summed E-state index contributed by atoms with van der Waals surface area (Å²) in [5.41, 5.74) is 0.745. The summed E-state index contributed by atoms with van der Waals surface area (Å²) >= 11 is 0. The minimum absolute atomic E-state index is 0.287. The first kappa shape index (κ1) is 22.2. The van der Waals surface area contributed by atoms with Crippen molar-refractivity contribution >= 4 is 0 Å². The van der Waals surface area contributed by atoms with Crippen molar-refractivity contribution in [2.75, 3.05) is 45.9 Å². The third-order valence-corrected chi connectivity index (χ3v) is 6.17. The van der Waals surface area contributed by atoms with Crippen LogP contribution in [-0.4, -0.2) is 65.6 Å². The molecule has 1 saturated heterocycles. The molecule has 6 heteroatoms. The summed E-state index contributed by atoms with van der Waals surface area (Å²) in [4.78, 5) is 13.1. The van der Waals surface area contributed by atoms with E-state index in [1.165, 1.54) is 0 Å². The topological polar surface area (TPSA) is 65.3 Å². The van der Waals surface area contributed by atoms with Gasteiger partial charge < -0.3 is 9.64 Å². The van der Waals surface area contributed by atoms with Gasteiger partial charge in [0, 0.05) is 45.1 Å². The number of hydrogen-bond acceptors (Lipinski definition) is 6. The van der Waals surface area contributed by atoms with Crippen LogP contribution in [0.25, 0.3) is 0 Å². The van der Waals surface area contributed by atoms with Gasteiger partial charge in [0.05, 0.1) is 11.5 Å². The van der Waals surface area contributed by atoms with Gasteiger partial charge in [0.1, 0.15) is 6.61 Å². The maximum Gasteiger partial charge on any atom is 0.316 e.